The van der Waals surface area contributed by atoms with Crippen LogP contribution in [0.5, 0.6) is 11.5 Å². The average Bonchev–Trinajstić information content (AvgIpc) is 2.52. The number of nitrogens with zero attached hydrogens (tertiary/aromatic N) is 1. The molecule has 1 aliphatic heterocycles. The van der Waals surface area contributed by atoms with Crippen LogP contribution in [0.25, 0.3) is 0 Å². The topological polar surface area (TPSA) is 58.6 Å². The van der Waals surface area contributed by atoms with E-state index in [-0.39, 0.29) is 24.9 Å². The van der Waals surface area contributed by atoms with Crippen LogP contribution in [0.4, 0.5) is 5.69 Å². The zero-order valence-corrected chi connectivity index (χ0v) is 11.3. The zero-order chi connectivity index (χ0) is 14.7. The van der Waals surface area contributed by atoms with Crippen LogP contribution in [0.15, 0.2) is 54.6 Å². The van der Waals surface area contributed by atoms with Gasteiger partial charge in [0.25, 0.3) is 0 Å². The van der Waals surface area contributed by atoms with Gasteiger partial charge in [-0.2, -0.15) is 0 Å². The number of carbonyl (C=O) groups is 2. The molecule has 106 valence electrons. The molecule has 0 unspecified atom stereocenters. The predicted octanol–water partition coefficient (Wildman–Crippen LogP) is 1.94. The van der Waals surface area contributed by atoms with Crippen molar-refractivity contribution in [3.8, 4) is 11.5 Å². The van der Waals surface area contributed by atoms with E-state index in [4.69, 9.17) is 4.74 Å². The molecule has 0 bridgehead atoms. The van der Waals surface area contributed by atoms with E-state index in [0.29, 0.717) is 11.4 Å². The van der Waals surface area contributed by atoms with Crippen molar-refractivity contribution in [3.05, 3.63) is 54.6 Å². The van der Waals surface area contributed by atoms with Crippen LogP contribution in [0.2, 0.25) is 0 Å². The molecule has 0 saturated carbocycles. The molecular formula is C16H14N2O3. The molecule has 0 atom stereocenters. The minimum absolute atomic E-state index is 0.0428. The maximum atomic E-state index is 11.8. The summed E-state index contributed by atoms with van der Waals surface area (Å²) in [5.41, 5.74) is 0.690. The third-order valence-corrected chi connectivity index (χ3v) is 3.17. The largest absolute Gasteiger partial charge is 0.457 e. The van der Waals surface area contributed by atoms with Gasteiger partial charge in [-0.3, -0.25) is 9.59 Å². The van der Waals surface area contributed by atoms with Crippen LogP contribution in [-0.2, 0) is 9.59 Å². The molecule has 21 heavy (non-hydrogen) atoms. The highest BCUT2D eigenvalue weighted by Crippen LogP contribution is 2.24. The summed E-state index contributed by atoms with van der Waals surface area (Å²) in [5, 5.41) is 2.52. The van der Waals surface area contributed by atoms with Gasteiger partial charge in [0.15, 0.2) is 0 Å². The number of nitrogens with one attached hydrogen (secondary N) is 1. The summed E-state index contributed by atoms with van der Waals surface area (Å²) in [6.07, 6.45) is 0. The Morgan fingerprint density at radius 3 is 2.29 bits per heavy atom. The number of ether oxygens (including phenoxy) is 1. The quantitative estimate of drug-likeness (QED) is 0.936. The molecule has 2 amide bonds. The number of hydrogen-bond acceptors (Lipinski definition) is 3. The molecule has 1 fully saturated rings. The average molecular weight is 282 g/mol. The first-order valence-corrected chi connectivity index (χ1v) is 6.62. The van der Waals surface area contributed by atoms with Crippen LogP contribution in [0, 0.1) is 0 Å². The number of amides is 2. The van der Waals surface area contributed by atoms with Crippen molar-refractivity contribution < 1.29 is 14.3 Å². The number of rotatable bonds is 3. The normalized spacial score (nSPS) is 14.8. The molecule has 1 saturated heterocycles. The molecule has 0 aliphatic carbocycles. The van der Waals surface area contributed by atoms with E-state index in [1.807, 2.05) is 30.3 Å². The Morgan fingerprint density at radius 1 is 0.905 bits per heavy atom. The Hall–Kier alpha value is -2.82. The Bertz CT molecular complexity index is 653. The van der Waals surface area contributed by atoms with Crippen LogP contribution >= 0.6 is 0 Å². The van der Waals surface area contributed by atoms with Crippen LogP contribution in [0.1, 0.15) is 0 Å². The van der Waals surface area contributed by atoms with Gasteiger partial charge in [-0.1, -0.05) is 18.2 Å². The lowest BCUT2D eigenvalue weighted by atomic mass is 10.2. The van der Waals surface area contributed by atoms with E-state index < -0.39 is 0 Å². The summed E-state index contributed by atoms with van der Waals surface area (Å²) in [6, 6.07) is 16.6. The van der Waals surface area contributed by atoms with Crippen molar-refractivity contribution in [1.29, 1.82) is 0 Å². The van der Waals surface area contributed by atoms with Gasteiger partial charge < -0.3 is 15.0 Å². The third kappa shape index (κ3) is 3.02. The van der Waals surface area contributed by atoms with Crippen molar-refractivity contribution in [2.24, 2.45) is 0 Å². The fourth-order valence-corrected chi connectivity index (χ4v) is 2.11. The summed E-state index contributed by atoms with van der Waals surface area (Å²) in [5.74, 6) is 1.16. The van der Waals surface area contributed by atoms with Crippen molar-refractivity contribution in [2.45, 2.75) is 0 Å². The Morgan fingerprint density at radius 2 is 1.57 bits per heavy atom. The molecule has 2 aromatic rings. The monoisotopic (exact) mass is 282 g/mol. The second kappa shape index (κ2) is 5.66. The number of piperazine rings is 1. The second-order valence-electron chi connectivity index (χ2n) is 4.67. The predicted molar refractivity (Wildman–Crippen MR) is 78.3 cm³/mol. The van der Waals surface area contributed by atoms with Crippen LogP contribution in [0.3, 0.4) is 0 Å². The van der Waals surface area contributed by atoms with E-state index in [1.54, 1.807) is 24.3 Å². The van der Waals surface area contributed by atoms with Gasteiger partial charge >= 0.3 is 0 Å². The molecule has 0 radical (unpaired) electrons. The maximum Gasteiger partial charge on any atom is 0.246 e. The second-order valence-corrected chi connectivity index (χ2v) is 4.67. The molecule has 5 heteroatoms. The van der Waals surface area contributed by atoms with Gasteiger partial charge in [0.1, 0.15) is 18.0 Å². The highest BCUT2D eigenvalue weighted by atomic mass is 16.5. The highest BCUT2D eigenvalue weighted by Gasteiger charge is 2.24. The van der Waals surface area contributed by atoms with Gasteiger partial charge in [0, 0.05) is 5.69 Å². The number of hydrogen-bond donors (Lipinski definition) is 1. The molecular weight excluding hydrogens is 268 g/mol. The van der Waals surface area contributed by atoms with Crippen molar-refractivity contribution in [1.82, 2.24) is 5.32 Å². The summed E-state index contributed by atoms with van der Waals surface area (Å²) in [4.78, 5) is 24.6. The number of carbonyl (C=O) groups excluding carboxylic acids is 2. The first-order valence-electron chi connectivity index (χ1n) is 6.62. The SMILES string of the molecule is O=C1CN(c2ccc(Oc3ccccc3)cc2)C(=O)CN1. The Kier molecular flexibility index (Phi) is 3.55. The molecule has 3 rings (SSSR count). The minimum Gasteiger partial charge on any atom is -0.457 e. The van der Waals surface area contributed by atoms with Crippen molar-refractivity contribution in [3.63, 3.8) is 0 Å². The van der Waals surface area contributed by atoms with Gasteiger partial charge in [-0.05, 0) is 36.4 Å². The lowest BCUT2D eigenvalue weighted by molar-refractivity contribution is -0.128. The van der Waals surface area contributed by atoms with Gasteiger partial charge in [-0.15, -0.1) is 0 Å². The summed E-state index contributed by atoms with van der Waals surface area (Å²) in [6.45, 7) is 0.0961. The Balaban J connectivity index is 1.74. The van der Waals surface area contributed by atoms with E-state index >= 15 is 0 Å². The van der Waals surface area contributed by atoms with Crippen LogP contribution in [-0.4, -0.2) is 24.9 Å². The minimum atomic E-state index is -0.154. The molecule has 1 N–H and O–H groups in total. The van der Waals surface area contributed by atoms with Crippen LogP contribution < -0.4 is 15.0 Å². The zero-order valence-electron chi connectivity index (χ0n) is 11.3. The first-order chi connectivity index (χ1) is 10.2. The van der Waals surface area contributed by atoms with Gasteiger partial charge in [0.2, 0.25) is 11.8 Å². The van der Waals surface area contributed by atoms with E-state index in [2.05, 4.69) is 5.32 Å². The number of anilines is 1. The van der Waals surface area contributed by atoms with E-state index in [1.165, 1.54) is 4.90 Å². The molecule has 1 heterocycles. The van der Waals surface area contributed by atoms with Gasteiger partial charge in [0.05, 0.1) is 6.54 Å². The molecule has 0 aromatic heterocycles. The number of benzene rings is 2. The smallest absolute Gasteiger partial charge is 0.246 e. The van der Waals surface area contributed by atoms with Crippen molar-refractivity contribution >= 4 is 17.5 Å². The maximum absolute atomic E-state index is 11.8. The summed E-state index contributed by atoms with van der Waals surface area (Å²) < 4.78 is 5.69. The van der Waals surface area contributed by atoms with E-state index in [9.17, 15) is 9.59 Å². The molecule has 1 aliphatic rings. The lowest BCUT2D eigenvalue weighted by Crippen LogP contribution is -2.51. The number of para-hydroxylation sites is 1. The lowest BCUT2D eigenvalue weighted by Gasteiger charge is -2.26. The fraction of sp³-hybridized carbons (Fsp3) is 0.125. The standard InChI is InChI=1S/C16H14N2O3/c19-15-11-18(16(20)10-17-15)12-6-8-14(9-7-12)21-13-4-2-1-3-5-13/h1-9H,10-11H2,(H,17,19). The summed E-state index contributed by atoms with van der Waals surface area (Å²) >= 11 is 0. The molecule has 5 nitrogen and oxygen atoms in total. The highest BCUT2D eigenvalue weighted by molar-refractivity contribution is 6.04. The van der Waals surface area contributed by atoms with E-state index in [0.717, 1.165) is 5.75 Å². The summed E-state index contributed by atoms with van der Waals surface area (Å²) in [7, 11) is 0. The molecule has 2 aromatic carbocycles. The first kappa shape index (κ1) is 13.2. The molecule has 0 spiro atoms. The Labute approximate surface area is 122 Å². The third-order valence-electron chi connectivity index (χ3n) is 3.17. The van der Waals surface area contributed by atoms with Gasteiger partial charge in [-0.25, -0.2) is 0 Å². The van der Waals surface area contributed by atoms with Crippen molar-refractivity contribution in [2.75, 3.05) is 18.0 Å². The fourth-order valence-electron chi connectivity index (χ4n) is 2.11.